The highest BCUT2D eigenvalue weighted by atomic mass is 19.3. The number of ether oxygens (including phenoxy) is 1. The largest absolute Gasteiger partial charge is 0.358 e. The lowest BCUT2D eigenvalue weighted by Gasteiger charge is -2.16. The van der Waals surface area contributed by atoms with Gasteiger partial charge < -0.3 is 4.74 Å². The van der Waals surface area contributed by atoms with E-state index in [0.29, 0.717) is 0 Å². The minimum Gasteiger partial charge on any atom is -0.318 e. The number of alkyl halides is 2. The van der Waals surface area contributed by atoms with Crippen LogP contribution in [0.15, 0.2) is 0 Å². The van der Waals surface area contributed by atoms with Crippen LogP contribution in [0.2, 0.25) is 0 Å². The van der Waals surface area contributed by atoms with Gasteiger partial charge in [-0.25, -0.2) is 0 Å². The summed E-state index contributed by atoms with van der Waals surface area (Å²) in [4.78, 5) is 0. The molecule has 0 saturated carbocycles. The molecule has 0 spiro atoms. The second-order valence-electron chi connectivity index (χ2n) is 1.86. The van der Waals surface area contributed by atoms with Gasteiger partial charge in [-0.3, -0.25) is 0 Å². The Bertz CT molecular complexity index is 70.8. The van der Waals surface area contributed by atoms with E-state index in [1.54, 1.807) is 0 Å². The van der Waals surface area contributed by atoms with Crippen LogP contribution in [0.1, 0.15) is 13.8 Å². The van der Waals surface area contributed by atoms with Crippen LogP contribution in [-0.2, 0) is 4.74 Å². The topological polar surface area (TPSA) is 9.23 Å². The predicted octanol–water partition coefficient (Wildman–Crippen LogP) is 2.04. The normalized spacial score (nSPS) is 12.8. The summed E-state index contributed by atoms with van der Waals surface area (Å²) < 4.78 is 27.6. The van der Waals surface area contributed by atoms with Crippen molar-refractivity contribution in [2.24, 2.45) is 5.92 Å². The molecule has 0 rings (SSSR count). The van der Waals surface area contributed by atoms with E-state index in [9.17, 15) is 8.78 Å². The molecule has 0 atom stereocenters. The second kappa shape index (κ2) is 2.40. The van der Waals surface area contributed by atoms with Gasteiger partial charge >= 0.3 is 6.11 Å². The Labute approximate surface area is 47.6 Å². The third kappa shape index (κ3) is 1.74. The van der Waals surface area contributed by atoms with Gasteiger partial charge in [-0.2, -0.15) is 8.78 Å². The Morgan fingerprint density at radius 1 is 1.50 bits per heavy atom. The fourth-order valence-corrected chi connectivity index (χ4v) is 0.167. The number of halogens is 2. The van der Waals surface area contributed by atoms with Crippen LogP contribution < -0.4 is 0 Å². The molecule has 0 aromatic carbocycles. The number of hydrogen-bond donors (Lipinski definition) is 0. The molecule has 0 saturated heterocycles. The van der Waals surface area contributed by atoms with Gasteiger partial charge in [0, 0.05) is 5.92 Å². The lowest BCUT2D eigenvalue weighted by molar-refractivity contribution is -0.236. The van der Waals surface area contributed by atoms with Crippen molar-refractivity contribution in [2.45, 2.75) is 20.0 Å². The van der Waals surface area contributed by atoms with E-state index in [0.717, 1.165) is 0 Å². The Morgan fingerprint density at radius 2 is 1.88 bits per heavy atom. The van der Waals surface area contributed by atoms with E-state index in [2.05, 4.69) is 11.8 Å². The van der Waals surface area contributed by atoms with Gasteiger partial charge in [0.05, 0.1) is 7.11 Å². The van der Waals surface area contributed by atoms with Crippen molar-refractivity contribution in [3.63, 3.8) is 0 Å². The van der Waals surface area contributed by atoms with Gasteiger partial charge in [0.2, 0.25) is 0 Å². The number of hydrogen-bond acceptors (Lipinski definition) is 1. The third-order valence-electron chi connectivity index (χ3n) is 0.865. The van der Waals surface area contributed by atoms with Crippen molar-refractivity contribution in [1.82, 2.24) is 0 Å². The highest BCUT2D eigenvalue weighted by molar-refractivity contribution is 4.56. The Hall–Kier alpha value is -0.180. The molecular weight excluding hydrogens is 114 g/mol. The van der Waals surface area contributed by atoms with Crippen molar-refractivity contribution >= 4 is 0 Å². The fraction of sp³-hybridized carbons (Fsp3) is 0.800. The van der Waals surface area contributed by atoms with Crippen LogP contribution in [0, 0.1) is 13.0 Å². The summed E-state index contributed by atoms with van der Waals surface area (Å²) in [6, 6.07) is 0. The van der Waals surface area contributed by atoms with Crippen molar-refractivity contribution in [3.05, 3.63) is 7.11 Å². The molecule has 0 aliphatic rings. The molecule has 3 heteroatoms. The summed E-state index contributed by atoms with van der Waals surface area (Å²) >= 11 is 0. The molecule has 1 nitrogen and oxygen atoms in total. The standard InChI is InChI=1S/C5H9F2O/c1-4(2)5(6,7)8-3/h4H,3H2,1-2H3. The molecule has 0 aromatic rings. The summed E-state index contributed by atoms with van der Waals surface area (Å²) in [6.07, 6.45) is -3.07. The second-order valence-corrected chi connectivity index (χ2v) is 1.86. The Balaban J connectivity index is 3.71. The van der Waals surface area contributed by atoms with Crippen LogP contribution in [-0.4, -0.2) is 6.11 Å². The SMILES string of the molecule is [CH2]OC(F)(F)C(C)C. The van der Waals surface area contributed by atoms with Gasteiger partial charge in [0.25, 0.3) is 0 Å². The zero-order valence-electron chi connectivity index (χ0n) is 4.95. The Kier molecular flexibility index (Phi) is 2.34. The molecule has 0 heterocycles. The van der Waals surface area contributed by atoms with E-state index in [1.807, 2.05) is 0 Å². The molecule has 49 valence electrons. The van der Waals surface area contributed by atoms with Crippen molar-refractivity contribution in [1.29, 1.82) is 0 Å². The van der Waals surface area contributed by atoms with E-state index in [-0.39, 0.29) is 0 Å². The van der Waals surface area contributed by atoms with E-state index in [1.165, 1.54) is 13.8 Å². The van der Waals surface area contributed by atoms with Gasteiger partial charge in [-0.05, 0) is 0 Å². The van der Waals surface area contributed by atoms with Gasteiger partial charge in [0.1, 0.15) is 0 Å². The van der Waals surface area contributed by atoms with Crippen LogP contribution in [0.5, 0.6) is 0 Å². The highest BCUT2D eigenvalue weighted by Gasteiger charge is 2.32. The first-order valence-electron chi connectivity index (χ1n) is 2.31. The maximum absolute atomic E-state index is 12.0. The van der Waals surface area contributed by atoms with Gasteiger partial charge in [-0.1, -0.05) is 13.8 Å². The van der Waals surface area contributed by atoms with Crippen LogP contribution in [0.3, 0.4) is 0 Å². The fourth-order valence-electron chi connectivity index (χ4n) is 0.167. The summed E-state index contributed by atoms with van der Waals surface area (Å²) in [5.74, 6) is -0.806. The third-order valence-corrected chi connectivity index (χ3v) is 0.865. The minimum absolute atomic E-state index is 0.806. The first-order valence-corrected chi connectivity index (χ1v) is 2.31. The van der Waals surface area contributed by atoms with Crippen LogP contribution in [0.4, 0.5) is 8.78 Å². The van der Waals surface area contributed by atoms with Crippen LogP contribution in [0.25, 0.3) is 0 Å². The van der Waals surface area contributed by atoms with Gasteiger partial charge in [-0.15, -0.1) is 0 Å². The predicted molar refractivity (Wildman–Crippen MR) is 26.2 cm³/mol. The lowest BCUT2D eigenvalue weighted by atomic mass is 10.2. The van der Waals surface area contributed by atoms with E-state index < -0.39 is 12.0 Å². The molecule has 0 aliphatic heterocycles. The van der Waals surface area contributed by atoms with Gasteiger partial charge in [0.15, 0.2) is 0 Å². The molecule has 0 aliphatic carbocycles. The van der Waals surface area contributed by atoms with Crippen molar-refractivity contribution in [3.8, 4) is 0 Å². The summed E-state index contributed by atoms with van der Waals surface area (Å²) in [6.45, 7) is 2.73. The first kappa shape index (κ1) is 7.82. The monoisotopic (exact) mass is 123 g/mol. The first-order chi connectivity index (χ1) is 3.50. The van der Waals surface area contributed by atoms with Crippen LogP contribution >= 0.6 is 0 Å². The van der Waals surface area contributed by atoms with E-state index >= 15 is 0 Å². The highest BCUT2D eigenvalue weighted by Crippen LogP contribution is 2.23. The smallest absolute Gasteiger partial charge is 0.318 e. The van der Waals surface area contributed by atoms with Crippen molar-refractivity contribution < 1.29 is 13.5 Å². The summed E-state index contributed by atoms with van der Waals surface area (Å²) in [7, 11) is 2.63. The Morgan fingerprint density at radius 3 is 1.88 bits per heavy atom. The number of rotatable bonds is 2. The lowest BCUT2D eigenvalue weighted by Crippen LogP contribution is -2.24. The zero-order chi connectivity index (χ0) is 6.78. The molecule has 0 N–H and O–H groups in total. The zero-order valence-corrected chi connectivity index (χ0v) is 4.95. The molecular formula is C5H9F2O. The molecule has 0 unspecified atom stereocenters. The van der Waals surface area contributed by atoms with E-state index in [4.69, 9.17) is 0 Å². The summed E-state index contributed by atoms with van der Waals surface area (Å²) in [5, 5.41) is 0. The molecule has 0 amide bonds. The molecule has 1 radical (unpaired) electrons. The average Bonchev–Trinajstić information content (AvgIpc) is 1.67. The van der Waals surface area contributed by atoms with Crippen molar-refractivity contribution in [2.75, 3.05) is 0 Å². The maximum atomic E-state index is 12.0. The molecule has 0 fully saturated rings. The maximum Gasteiger partial charge on any atom is 0.358 e. The molecule has 0 aromatic heterocycles. The summed E-state index contributed by atoms with van der Waals surface area (Å²) in [5.41, 5.74) is 0. The molecule has 0 bridgehead atoms. The minimum atomic E-state index is -3.07. The molecule has 8 heavy (non-hydrogen) atoms. The average molecular weight is 123 g/mol. The quantitative estimate of drug-likeness (QED) is 0.546.